The molecule has 0 spiro atoms. The normalized spacial score (nSPS) is 8.42. The number of hydrogen-bond donors (Lipinski definition) is 1. The fraction of sp³-hybridized carbons (Fsp3) is 0. The SMILES string of the molecule is NC(=O)c1ccc(C#CBr)cc1. The van der Waals surface area contributed by atoms with E-state index in [4.69, 9.17) is 5.73 Å². The van der Waals surface area contributed by atoms with Gasteiger partial charge in [-0.1, -0.05) is 5.92 Å². The molecule has 0 bridgehead atoms. The van der Waals surface area contributed by atoms with E-state index in [1.54, 1.807) is 24.3 Å². The van der Waals surface area contributed by atoms with Crippen molar-refractivity contribution in [2.45, 2.75) is 0 Å². The van der Waals surface area contributed by atoms with Crippen LogP contribution in [0.25, 0.3) is 0 Å². The minimum atomic E-state index is -0.423. The molecule has 0 saturated heterocycles. The van der Waals surface area contributed by atoms with Crippen molar-refractivity contribution in [1.29, 1.82) is 0 Å². The molecule has 1 aromatic rings. The lowest BCUT2D eigenvalue weighted by Crippen LogP contribution is -2.10. The number of rotatable bonds is 1. The van der Waals surface area contributed by atoms with Crippen molar-refractivity contribution in [2.24, 2.45) is 5.73 Å². The number of hydrogen-bond acceptors (Lipinski definition) is 1. The molecule has 0 aliphatic carbocycles. The Kier molecular flexibility index (Phi) is 2.89. The molecular weight excluding hydrogens is 218 g/mol. The van der Waals surface area contributed by atoms with E-state index in [0.29, 0.717) is 5.56 Å². The Bertz CT molecular complexity index is 345. The van der Waals surface area contributed by atoms with E-state index in [1.165, 1.54) is 0 Å². The molecule has 12 heavy (non-hydrogen) atoms. The Morgan fingerprint density at radius 3 is 2.33 bits per heavy atom. The van der Waals surface area contributed by atoms with Crippen molar-refractivity contribution in [3.63, 3.8) is 0 Å². The van der Waals surface area contributed by atoms with Crippen LogP contribution in [0.1, 0.15) is 15.9 Å². The highest BCUT2D eigenvalue weighted by molar-refractivity contribution is 9.12. The molecule has 2 N–H and O–H groups in total. The Labute approximate surface area is 78.9 Å². The van der Waals surface area contributed by atoms with Gasteiger partial charge in [0.1, 0.15) is 0 Å². The zero-order valence-electron chi connectivity index (χ0n) is 6.17. The minimum Gasteiger partial charge on any atom is -0.366 e. The number of carbonyl (C=O) groups is 1. The maximum absolute atomic E-state index is 10.6. The number of carbonyl (C=O) groups excluding carboxylic acids is 1. The second-order valence-corrected chi connectivity index (χ2v) is 2.56. The van der Waals surface area contributed by atoms with Crippen molar-refractivity contribution in [1.82, 2.24) is 0 Å². The molecule has 0 aromatic heterocycles. The van der Waals surface area contributed by atoms with Crippen LogP contribution in [-0.2, 0) is 0 Å². The van der Waals surface area contributed by atoms with E-state index in [9.17, 15) is 4.79 Å². The molecule has 0 fully saturated rings. The second kappa shape index (κ2) is 3.93. The molecule has 0 unspecified atom stereocenters. The summed E-state index contributed by atoms with van der Waals surface area (Å²) in [4.78, 5) is 13.2. The lowest BCUT2D eigenvalue weighted by molar-refractivity contribution is 0.100. The number of nitrogens with two attached hydrogens (primary N) is 1. The Morgan fingerprint density at radius 2 is 1.92 bits per heavy atom. The molecule has 0 saturated carbocycles. The molecule has 60 valence electrons. The largest absolute Gasteiger partial charge is 0.366 e. The summed E-state index contributed by atoms with van der Waals surface area (Å²) in [5.41, 5.74) is 6.39. The molecule has 1 amide bonds. The minimum absolute atomic E-state index is 0.423. The average Bonchev–Trinajstić information content (AvgIpc) is 2.06. The Hall–Kier alpha value is -1.27. The summed E-state index contributed by atoms with van der Waals surface area (Å²) >= 11 is 2.98. The molecule has 0 aliphatic rings. The predicted molar refractivity (Wildman–Crippen MR) is 50.8 cm³/mol. The van der Waals surface area contributed by atoms with Crippen molar-refractivity contribution in [3.8, 4) is 10.8 Å². The zero-order valence-corrected chi connectivity index (χ0v) is 7.76. The predicted octanol–water partition coefficient (Wildman–Crippen LogP) is 1.49. The van der Waals surface area contributed by atoms with Gasteiger partial charge in [0.05, 0.1) is 0 Å². The monoisotopic (exact) mass is 223 g/mol. The smallest absolute Gasteiger partial charge is 0.248 e. The number of halogens is 1. The van der Waals surface area contributed by atoms with Crippen LogP contribution in [0, 0.1) is 10.8 Å². The molecule has 0 aliphatic heterocycles. The van der Waals surface area contributed by atoms with Gasteiger partial charge < -0.3 is 5.73 Å². The summed E-state index contributed by atoms with van der Waals surface area (Å²) in [6.45, 7) is 0. The molecule has 1 aromatic carbocycles. The zero-order chi connectivity index (χ0) is 8.97. The van der Waals surface area contributed by atoms with Gasteiger partial charge in [0.25, 0.3) is 0 Å². The summed E-state index contributed by atoms with van der Waals surface area (Å²) in [6.07, 6.45) is 0. The third kappa shape index (κ3) is 2.11. The Morgan fingerprint density at radius 1 is 1.33 bits per heavy atom. The maximum Gasteiger partial charge on any atom is 0.248 e. The van der Waals surface area contributed by atoms with Gasteiger partial charge in [0.15, 0.2) is 0 Å². The van der Waals surface area contributed by atoms with E-state index in [0.717, 1.165) is 5.56 Å². The van der Waals surface area contributed by atoms with Crippen molar-refractivity contribution >= 4 is 21.8 Å². The molecular formula is C9H6BrNO. The molecule has 3 heteroatoms. The van der Waals surface area contributed by atoms with Crippen LogP contribution in [0.4, 0.5) is 0 Å². The molecule has 0 radical (unpaired) electrons. The highest BCUT2D eigenvalue weighted by Gasteiger charge is 1.97. The lowest BCUT2D eigenvalue weighted by atomic mass is 10.1. The fourth-order valence-electron chi connectivity index (χ4n) is 0.772. The van der Waals surface area contributed by atoms with Crippen LogP contribution in [-0.4, -0.2) is 5.91 Å². The average molecular weight is 224 g/mol. The van der Waals surface area contributed by atoms with E-state index in [2.05, 4.69) is 26.7 Å². The van der Waals surface area contributed by atoms with Gasteiger partial charge in [0.2, 0.25) is 5.91 Å². The highest BCUT2D eigenvalue weighted by atomic mass is 79.9. The topological polar surface area (TPSA) is 43.1 Å². The van der Waals surface area contributed by atoms with Gasteiger partial charge in [-0.3, -0.25) is 4.79 Å². The first kappa shape index (κ1) is 8.82. The number of benzene rings is 1. The summed E-state index contributed by atoms with van der Waals surface area (Å²) in [7, 11) is 0. The van der Waals surface area contributed by atoms with E-state index in [1.807, 2.05) is 0 Å². The van der Waals surface area contributed by atoms with Gasteiger partial charge in [0, 0.05) is 27.1 Å². The summed E-state index contributed by atoms with van der Waals surface area (Å²) in [6, 6.07) is 6.78. The van der Waals surface area contributed by atoms with Crippen molar-refractivity contribution < 1.29 is 4.79 Å². The van der Waals surface area contributed by atoms with Gasteiger partial charge in [-0.2, -0.15) is 0 Å². The third-order valence-corrected chi connectivity index (χ3v) is 1.56. The van der Waals surface area contributed by atoms with E-state index >= 15 is 0 Å². The summed E-state index contributed by atoms with van der Waals surface area (Å²) in [5, 5.41) is 0. The van der Waals surface area contributed by atoms with Crippen LogP contribution >= 0.6 is 15.9 Å². The van der Waals surface area contributed by atoms with Gasteiger partial charge in [-0.15, -0.1) is 0 Å². The van der Waals surface area contributed by atoms with Crippen LogP contribution in [0.5, 0.6) is 0 Å². The highest BCUT2D eigenvalue weighted by Crippen LogP contribution is 2.02. The quantitative estimate of drug-likeness (QED) is 0.721. The molecule has 1 rings (SSSR count). The van der Waals surface area contributed by atoms with Crippen LogP contribution in [0.3, 0.4) is 0 Å². The molecule has 0 heterocycles. The first-order chi connectivity index (χ1) is 5.74. The standard InChI is InChI=1S/C9H6BrNO/c10-6-5-7-1-3-8(4-2-7)9(11)12/h1-4H,(H2,11,12). The molecule has 0 atom stereocenters. The summed E-state index contributed by atoms with van der Waals surface area (Å²) < 4.78 is 0. The maximum atomic E-state index is 10.6. The van der Waals surface area contributed by atoms with Crippen LogP contribution in [0.15, 0.2) is 24.3 Å². The lowest BCUT2D eigenvalue weighted by Gasteiger charge is -1.93. The van der Waals surface area contributed by atoms with Gasteiger partial charge >= 0.3 is 0 Å². The van der Waals surface area contributed by atoms with Crippen LogP contribution in [0.2, 0.25) is 0 Å². The third-order valence-electron chi connectivity index (χ3n) is 1.36. The van der Waals surface area contributed by atoms with Gasteiger partial charge in [-0.25, -0.2) is 0 Å². The van der Waals surface area contributed by atoms with Crippen LogP contribution < -0.4 is 5.73 Å². The van der Waals surface area contributed by atoms with Gasteiger partial charge in [-0.05, 0) is 29.1 Å². The van der Waals surface area contributed by atoms with Crippen molar-refractivity contribution in [3.05, 3.63) is 35.4 Å². The number of amides is 1. The number of primary amides is 1. The van der Waals surface area contributed by atoms with E-state index in [-0.39, 0.29) is 0 Å². The first-order valence-corrected chi connectivity index (χ1v) is 4.05. The molecule has 2 nitrogen and oxygen atoms in total. The van der Waals surface area contributed by atoms with Crippen molar-refractivity contribution in [2.75, 3.05) is 0 Å². The first-order valence-electron chi connectivity index (χ1n) is 3.25. The second-order valence-electron chi connectivity index (χ2n) is 2.16. The summed E-state index contributed by atoms with van der Waals surface area (Å²) in [5.74, 6) is 2.37. The Balaban J connectivity index is 2.98. The van der Waals surface area contributed by atoms with E-state index < -0.39 is 5.91 Å². The fourth-order valence-corrected chi connectivity index (χ4v) is 1.00.